The third kappa shape index (κ3) is 2.56. The van der Waals surface area contributed by atoms with Crippen molar-refractivity contribution >= 4 is 52.4 Å². The molecule has 1 amide bonds. The number of hydrogen-bond donors (Lipinski definition) is 5. The highest BCUT2D eigenvalue weighted by molar-refractivity contribution is 6.35. The number of halogens is 2. The summed E-state index contributed by atoms with van der Waals surface area (Å²) in [4.78, 5) is 20.8. The average molecular weight is 391 g/mol. The summed E-state index contributed by atoms with van der Waals surface area (Å²) in [5.74, 6) is 0.488. The lowest BCUT2D eigenvalue weighted by Crippen LogP contribution is -3.14. The summed E-state index contributed by atoms with van der Waals surface area (Å²) in [6.07, 6.45) is 0. The Morgan fingerprint density at radius 1 is 1.15 bits per heavy atom. The zero-order chi connectivity index (χ0) is 18.5. The minimum absolute atomic E-state index is 0.174. The van der Waals surface area contributed by atoms with Crippen LogP contribution in [0.25, 0.3) is 0 Å². The highest BCUT2D eigenvalue weighted by atomic mass is 35.5. The Morgan fingerprint density at radius 2 is 1.85 bits per heavy atom. The van der Waals surface area contributed by atoms with Crippen LogP contribution in [-0.4, -0.2) is 24.9 Å². The minimum Gasteiger partial charge on any atom is -0.308 e. The molecule has 2 aliphatic heterocycles. The van der Waals surface area contributed by atoms with Crippen LogP contribution in [0.2, 0.25) is 10.0 Å². The summed E-state index contributed by atoms with van der Waals surface area (Å²) in [6.45, 7) is 0. The predicted octanol–water partition coefficient (Wildman–Crippen LogP) is -1.33. The number of rotatable bonds is 1. The van der Waals surface area contributed by atoms with E-state index in [2.05, 4.69) is 20.6 Å². The topological polar surface area (TPSA) is 98.3 Å². The molecule has 132 valence electrons. The molecule has 2 aromatic carbocycles. The van der Waals surface area contributed by atoms with Crippen LogP contribution < -0.4 is 31.3 Å². The first-order valence-electron chi connectivity index (χ1n) is 7.82. The van der Waals surface area contributed by atoms with Gasteiger partial charge in [-0.05, 0) is 30.3 Å². The first-order chi connectivity index (χ1) is 12.4. The van der Waals surface area contributed by atoms with Crippen LogP contribution >= 0.6 is 23.2 Å². The Morgan fingerprint density at radius 3 is 2.58 bits per heavy atom. The van der Waals surface area contributed by atoms with Crippen LogP contribution in [0.5, 0.6) is 0 Å². The van der Waals surface area contributed by atoms with E-state index in [9.17, 15) is 4.79 Å². The molecule has 2 aliphatic rings. The molecular weight excluding hydrogens is 375 g/mol. The molecule has 2 heterocycles. The van der Waals surface area contributed by atoms with E-state index in [-0.39, 0.29) is 11.9 Å². The smallest absolute Gasteiger partial charge is 0.308 e. The van der Waals surface area contributed by atoms with Crippen molar-refractivity contribution in [3.8, 4) is 0 Å². The Balaban J connectivity index is 1.80. The summed E-state index contributed by atoms with van der Waals surface area (Å²) in [7, 11) is 1.72. The van der Waals surface area contributed by atoms with E-state index in [0.29, 0.717) is 21.7 Å². The number of benzene rings is 2. The number of anilines is 2. The fraction of sp³-hybridized carbons (Fsp3) is 0.118. The number of nitrogens with one attached hydrogen (secondary N) is 4. The van der Waals surface area contributed by atoms with Crippen LogP contribution in [0.3, 0.4) is 0 Å². The van der Waals surface area contributed by atoms with E-state index >= 15 is 0 Å². The first-order valence-corrected chi connectivity index (χ1v) is 8.58. The number of para-hydroxylation sites is 1. The van der Waals surface area contributed by atoms with Crippen LogP contribution in [0.4, 0.5) is 11.4 Å². The number of carbonyl (C=O) groups excluding carboxylic acids is 1. The second-order valence-corrected chi connectivity index (χ2v) is 6.95. The van der Waals surface area contributed by atoms with E-state index in [0.717, 1.165) is 11.3 Å². The van der Waals surface area contributed by atoms with Gasteiger partial charge in [0.2, 0.25) is 0 Å². The highest BCUT2D eigenvalue weighted by Gasteiger charge is 2.55. The number of nitrogens with two attached hydrogens (primary N) is 1. The molecular formula is C17H16Cl2N6O+2. The van der Waals surface area contributed by atoms with E-state index in [4.69, 9.17) is 28.9 Å². The maximum Gasteiger partial charge on any atom is 0.361 e. The summed E-state index contributed by atoms with van der Waals surface area (Å²) in [6, 6.07) is 12.6. The quantitative estimate of drug-likeness (QED) is 0.416. The molecule has 0 aromatic heterocycles. The standard InChI is InChI=1S/C17H14Cl2N6O/c1-25-13-5-3-2-4-12(13)17(14(25)26)23-15(20)22-16(24-17)21-11-7-9(18)6-10(19)8-11/h2-8H,1H3,(H4,20,21,22,23,24)/p+2/t17-/m1/s1. The molecule has 1 atom stereocenters. The van der Waals surface area contributed by atoms with Crippen molar-refractivity contribution in [3.63, 3.8) is 0 Å². The van der Waals surface area contributed by atoms with Gasteiger partial charge in [-0.3, -0.25) is 10.5 Å². The highest BCUT2D eigenvalue weighted by Crippen LogP contribution is 2.32. The molecule has 0 saturated carbocycles. The molecule has 0 fully saturated rings. The van der Waals surface area contributed by atoms with Crippen LogP contribution in [-0.2, 0) is 10.5 Å². The maximum absolute atomic E-state index is 13.0. The molecule has 2 aromatic rings. The number of hydrogen-bond acceptors (Lipinski definition) is 4. The van der Waals surface area contributed by atoms with Gasteiger partial charge in [0.1, 0.15) is 5.69 Å². The lowest BCUT2D eigenvalue weighted by Gasteiger charge is -2.22. The van der Waals surface area contributed by atoms with Gasteiger partial charge in [0, 0.05) is 17.1 Å². The molecule has 7 nitrogen and oxygen atoms in total. The lowest BCUT2D eigenvalue weighted by atomic mass is 10.0. The van der Waals surface area contributed by atoms with Crippen LogP contribution in [0.1, 0.15) is 5.56 Å². The zero-order valence-electron chi connectivity index (χ0n) is 13.7. The van der Waals surface area contributed by atoms with Gasteiger partial charge < -0.3 is 4.90 Å². The van der Waals surface area contributed by atoms with Crippen molar-refractivity contribution < 1.29 is 14.8 Å². The molecule has 1 spiro atoms. The van der Waals surface area contributed by atoms with Crippen molar-refractivity contribution in [2.24, 2.45) is 5.73 Å². The Labute approximate surface area is 159 Å². The summed E-state index contributed by atoms with van der Waals surface area (Å²) < 4.78 is 0. The summed E-state index contributed by atoms with van der Waals surface area (Å²) in [5.41, 5.74) is 7.05. The van der Waals surface area contributed by atoms with Crippen molar-refractivity contribution in [2.45, 2.75) is 5.66 Å². The van der Waals surface area contributed by atoms with E-state index < -0.39 is 5.66 Å². The number of likely N-dealkylation sites (N-methyl/N-ethyl adjacent to an activating group) is 1. The van der Waals surface area contributed by atoms with E-state index in [1.807, 2.05) is 24.3 Å². The normalized spacial score (nSPS) is 21.2. The monoisotopic (exact) mass is 390 g/mol. The van der Waals surface area contributed by atoms with Crippen molar-refractivity contribution in [3.05, 3.63) is 58.1 Å². The Kier molecular flexibility index (Phi) is 3.78. The fourth-order valence-corrected chi connectivity index (χ4v) is 3.78. The van der Waals surface area contributed by atoms with Gasteiger partial charge in [-0.1, -0.05) is 35.3 Å². The molecule has 6 N–H and O–H groups in total. The second-order valence-electron chi connectivity index (χ2n) is 6.08. The first kappa shape index (κ1) is 16.7. The number of carbonyl (C=O) groups is 1. The molecule has 0 unspecified atom stereocenters. The fourth-order valence-electron chi connectivity index (χ4n) is 3.25. The summed E-state index contributed by atoms with van der Waals surface area (Å²) in [5, 5.41) is 7.04. The van der Waals surface area contributed by atoms with Crippen molar-refractivity contribution in [1.29, 1.82) is 0 Å². The second kappa shape index (κ2) is 5.89. The maximum atomic E-state index is 13.0. The van der Waals surface area contributed by atoms with Crippen molar-refractivity contribution in [2.75, 3.05) is 17.3 Å². The van der Waals surface area contributed by atoms with E-state index in [1.54, 1.807) is 30.1 Å². The van der Waals surface area contributed by atoms with Gasteiger partial charge in [-0.2, -0.15) is 5.32 Å². The zero-order valence-corrected chi connectivity index (χ0v) is 15.2. The van der Waals surface area contributed by atoms with Gasteiger partial charge in [0.15, 0.2) is 0 Å². The minimum atomic E-state index is -1.20. The number of amides is 1. The Hall–Kier alpha value is -2.77. The SMILES string of the molecule is CN1C(=O)[C@@]2([NH+]=C(N)NC(Nc3cc(Cl)cc(Cl)c3)=[NH+]2)c2ccccc21. The molecule has 0 saturated heterocycles. The molecule has 0 radical (unpaired) electrons. The van der Waals surface area contributed by atoms with Gasteiger partial charge in [-0.25, -0.2) is 15.3 Å². The molecule has 0 bridgehead atoms. The largest absolute Gasteiger partial charge is 0.361 e. The van der Waals surface area contributed by atoms with Crippen LogP contribution in [0.15, 0.2) is 42.5 Å². The van der Waals surface area contributed by atoms with E-state index in [1.165, 1.54) is 0 Å². The van der Waals surface area contributed by atoms with Crippen molar-refractivity contribution in [1.82, 2.24) is 5.32 Å². The summed E-state index contributed by atoms with van der Waals surface area (Å²) >= 11 is 12.1. The van der Waals surface area contributed by atoms with Crippen LogP contribution in [0, 0.1) is 0 Å². The van der Waals surface area contributed by atoms with Gasteiger partial charge >= 0.3 is 23.5 Å². The average Bonchev–Trinajstić information content (AvgIpc) is 2.76. The molecule has 9 heteroatoms. The number of guanidine groups is 2. The third-order valence-corrected chi connectivity index (χ3v) is 4.76. The number of fused-ring (bicyclic) bond motifs is 2. The lowest BCUT2D eigenvalue weighted by molar-refractivity contribution is -0.789. The molecule has 26 heavy (non-hydrogen) atoms. The van der Waals surface area contributed by atoms with Gasteiger partial charge in [-0.15, -0.1) is 0 Å². The number of nitrogens with zero attached hydrogens (tertiary/aromatic N) is 1. The van der Waals surface area contributed by atoms with Gasteiger partial charge in [0.25, 0.3) is 0 Å². The Bertz CT molecular complexity index is 969. The molecule has 4 rings (SSSR count). The third-order valence-electron chi connectivity index (χ3n) is 4.32. The molecule has 0 aliphatic carbocycles. The predicted molar refractivity (Wildman–Crippen MR) is 101 cm³/mol. The van der Waals surface area contributed by atoms with Gasteiger partial charge in [0.05, 0.1) is 11.3 Å².